The third-order valence-electron chi connectivity index (χ3n) is 4.54. The minimum Gasteiger partial charge on any atom is -0.315 e. The highest BCUT2D eigenvalue weighted by molar-refractivity contribution is 7.17. The normalized spacial score (nSPS) is 17.8. The molecular weight excluding hydrogens is 292 g/mol. The van der Waals surface area contributed by atoms with Crippen LogP contribution in [0.1, 0.15) is 23.6 Å². The number of benzene rings is 1. The Kier molecular flexibility index (Phi) is 3.68. The Hall–Kier alpha value is -1.72. The number of nitrogens with zero attached hydrogens (tertiary/aromatic N) is 3. The van der Waals surface area contributed by atoms with Gasteiger partial charge in [0.25, 0.3) is 0 Å². The van der Waals surface area contributed by atoms with Crippen molar-refractivity contribution in [2.75, 3.05) is 6.54 Å². The summed E-state index contributed by atoms with van der Waals surface area (Å²) in [5.41, 5.74) is 1.41. The van der Waals surface area contributed by atoms with Crippen molar-refractivity contribution in [2.24, 2.45) is 5.92 Å². The molecule has 0 bridgehead atoms. The van der Waals surface area contributed by atoms with Crippen LogP contribution in [-0.4, -0.2) is 21.3 Å². The lowest BCUT2D eigenvalue weighted by Gasteiger charge is -2.24. The van der Waals surface area contributed by atoms with E-state index in [-0.39, 0.29) is 0 Å². The molecule has 0 saturated heterocycles. The van der Waals surface area contributed by atoms with E-state index < -0.39 is 0 Å². The Labute approximate surface area is 134 Å². The zero-order valence-electron chi connectivity index (χ0n) is 12.7. The van der Waals surface area contributed by atoms with Gasteiger partial charge in [0, 0.05) is 24.2 Å². The Balaban J connectivity index is 1.37. The first-order valence-corrected chi connectivity index (χ1v) is 8.74. The van der Waals surface area contributed by atoms with Crippen LogP contribution in [0, 0.1) is 12.8 Å². The fourth-order valence-electron chi connectivity index (χ4n) is 3.28. The highest BCUT2D eigenvalue weighted by Crippen LogP contribution is 2.25. The smallest absolute Gasteiger partial charge is 0.133 e. The molecule has 1 aromatic carbocycles. The summed E-state index contributed by atoms with van der Waals surface area (Å²) in [6.07, 6.45) is 2.25. The fraction of sp³-hybridized carbons (Fsp3) is 0.412. The van der Waals surface area contributed by atoms with Crippen LogP contribution in [0.25, 0.3) is 10.1 Å². The van der Waals surface area contributed by atoms with Crippen LogP contribution in [0.15, 0.2) is 29.6 Å². The van der Waals surface area contributed by atoms with Gasteiger partial charge in [-0.2, -0.15) is 0 Å². The van der Waals surface area contributed by atoms with Crippen LogP contribution in [0.5, 0.6) is 0 Å². The van der Waals surface area contributed by atoms with Crippen molar-refractivity contribution in [1.29, 1.82) is 0 Å². The van der Waals surface area contributed by atoms with Gasteiger partial charge < -0.3 is 9.88 Å². The van der Waals surface area contributed by atoms with Crippen LogP contribution >= 0.6 is 11.3 Å². The molecule has 0 spiro atoms. The quantitative estimate of drug-likeness (QED) is 0.805. The SMILES string of the molecule is Cc1nnc2n1C[C@H](CNCc1csc3ccccc13)CC2. The minimum absolute atomic E-state index is 0.673. The van der Waals surface area contributed by atoms with Gasteiger partial charge in [-0.1, -0.05) is 18.2 Å². The molecule has 1 aliphatic heterocycles. The van der Waals surface area contributed by atoms with E-state index in [9.17, 15) is 0 Å². The van der Waals surface area contributed by atoms with Gasteiger partial charge in [-0.25, -0.2) is 0 Å². The van der Waals surface area contributed by atoms with E-state index in [1.165, 1.54) is 22.1 Å². The lowest BCUT2D eigenvalue weighted by atomic mass is 9.99. The third kappa shape index (κ3) is 2.55. The summed E-state index contributed by atoms with van der Waals surface area (Å²) in [5, 5.41) is 15.7. The van der Waals surface area contributed by atoms with Gasteiger partial charge in [0.15, 0.2) is 0 Å². The van der Waals surface area contributed by atoms with Gasteiger partial charge in [-0.3, -0.25) is 0 Å². The highest BCUT2D eigenvalue weighted by Gasteiger charge is 2.21. The van der Waals surface area contributed by atoms with Crippen molar-refractivity contribution in [3.05, 3.63) is 46.9 Å². The van der Waals surface area contributed by atoms with Gasteiger partial charge in [-0.15, -0.1) is 21.5 Å². The van der Waals surface area contributed by atoms with Crippen LogP contribution < -0.4 is 5.32 Å². The van der Waals surface area contributed by atoms with Crippen LogP contribution in [0.2, 0.25) is 0 Å². The lowest BCUT2D eigenvalue weighted by molar-refractivity contribution is 0.344. The molecule has 1 N–H and O–H groups in total. The third-order valence-corrected chi connectivity index (χ3v) is 5.55. The molecule has 2 aromatic heterocycles. The Morgan fingerprint density at radius 2 is 2.23 bits per heavy atom. The van der Waals surface area contributed by atoms with Gasteiger partial charge >= 0.3 is 0 Å². The van der Waals surface area contributed by atoms with E-state index in [0.717, 1.165) is 37.7 Å². The molecule has 3 aromatic rings. The highest BCUT2D eigenvalue weighted by atomic mass is 32.1. The van der Waals surface area contributed by atoms with E-state index in [0.29, 0.717) is 5.92 Å². The van der Waals surface area contributed by atoms with Gasteiger partial charge in [-0.05, 0) is 48.2 Å². The second-order valence-electron chi connectivity index (χ2n) is 6.07. The first-order valence-electron chi connectivity index (χ1n) is 7.86. The molecular formula is C17H20N4S. The molecule has 1 aliphatic rings. The summed E-state index contributed by atoms with van der Waals surface area (Å²) in [7, 11) is 0. The van der Waals surface area contributed by atoms with Crippen LogP contribution in [0.4, 0.5) is 0 Å². The van der Waals surface area contributed by atoms with E-state index in [4.69, 9.17) is 0 Å². The summed E-state index contributed by atoms with van der Waals surface area (Å²) >= 11 is 1.83. The molecule has 1 atom stereocenters. The summed E-state index contributed by atoms with van der Waals surface area (Å²) < 4.78 is 3.65. The maximum atomic E-state index is 4.24. The number of thiophene rings is 1. The van der Waals surface area contributed by atoms with Crippen molar-refractivity contribution in [3.8, 4) is 0 Å². The van der Waals surface area contributed by atoms with Crippen molar-refractivity contribution in [1.82, 2.24) is 20.1 Å². The molecule has 0 radical (unpaired) electrons. The molecule has 3 heterocycles. The number of fused-ring (bicyclic) bond motifs is 2. The predicted molar refractivity (Wildman–Crippen MR) is 90.1 cm³/mol. The van der Waals surface area contributed by atoms with Crippen LogP contribution in [0.3, 0.4) is 0 Å². The molecule has 0 unspecified atom stereocenters. The standard InChI is InChI=1S/C17H20N4S/c1-12-19-20-17-7-6-13(10-21(12)17)8-18-9-14-11-22-16-5-3-2-4-15(14)16/h2-5,11,13,18H,6-10H2,1H3/t13-/m0/s1. The first-order chi connectivity index (χ1) is 10.8. The zero-order chi connectivity index (χ0) is 14.9. The number of hydrogen-bond acceptors (Lipinski definition) is 4. The van der Waals surface area contributed by atoms with Crippen molar-refractivity contribution >= 4 is 21.4 Å². The first kappa shape index (κ1) is 13.9. The maximum absolute atomic E-state index is 4.24. The largest absolute Gasteiger partial charge is 0.315 e. The molecule has 22 heavy (non-hydrogen) atoms. The number of rotatable bonds is 4. The number of hydrogen-bond donors (Lipinski definition) is 1. The zero-order valence-corrected chi connectivity index (χ0v) is 13.6. The second-order valence-corrected chi connectivity index (χ2v) is 6.98. The molecule has 0 fully saturated rings. The number of aromatic nitrogens is 3. The Morgan fingerprint density at radius 3 is 3.18 bits per heavy atom. The van der Waals surface area contributed by atoms with Crippen molar-refractivity contribution in [2.45, 2.75) is 32.9 Å². The van der Waals surface area contributed by atoms with Crippen molar-refractivity contribution in [3.63, 3.8) is 0 Å². The van der Waals surface area contributed by atoms with Crippen LogP contribution in [-0.2, 0) is 19.5 Å². The van der Waals surface area contributed by atoms with Gasteiger partial charge in [0.05, 0.1) is 0 Å². The molecule has 0 saturated carbocycles. The average Bonchev–Trinajstić information content (AvgIpc) is 3.12. The second kappa shape index (κ2) is 5.82. The minimum atomic E-state index is 0.673. The van der Waals surface area contributed by atoms with E-state index in [2.05, 4.69) is 49.7 Å². The molecule has 114 valence electrons. The van der Waals surface area contributed by atoms with Crippen molar-refractivity contribution < 1.29 is 0 Å². The maximum Gasteiger partial charge on any atom is 0.133 e. The summed E-state index contributed by atoms with van der Waals surface area (Å²) in [4.78, 5) is 0. The monoisotopic (exact) mass is 312 g/mol. The lowest BCUT2D eigenvalue weighted by Crippen LogP contribution is -2.30. The number of aryl methyl sites for hydroxylation is 2. The molecule has 4 rings (SSSR count). The van der Waals surface area contributed by atoms with E-state index >= 15 is 0 Å². The van der Waals surface area contributed by atoms with Gasteiger partial charge in [0.2, 0.25) is 0 Å². The molecule has 0 aliphatic carbocycles. The summed E-state index contributed by atoms with van der Waals surface area (Å²) in [6.45, 7) is 5.10. The predicted octanol–water partition coefficient (Wildman–Crippen LogP) is 3.15. The Morgan fingerprint density at radius 1 is 1.32 bits per heavy atom. The summed E-state index contributed by atoms with van der Waals surface area (Å²) in [5.74, 6) is 2.87. The average molecular weight is 312 g/mol. The fourth-order valence-corrected chi connectivity index (χ4v) is 4.24. The van der Waals surface area contributed by atoms with E-state index in [1.807, 2.05) is 18.3 Å². The molecule has 5 heteroatoms. The molecule has 0 amide bonds. The van der Waals surface area contributed by atoms with E-state index in [1.54, 1.807) is 0 Å². The molecule has 4 nitrogen and oxygen atoms in total. The summed E-state index contributed by atoms with van der Waals surface area (Å²) in [6, 6.07) is 8.64. The topological polar surface area (TPSA) is 42.7 Å². The number of nitrogens with one attached hydrogen (secondary N) is 1. The van der Waals surface area contributed by atoms with Gasteiger partial charge in [0.1, 0.15) is 11.6 Å². The Bertz CT molecular complexity index is 789.